The van der Waals surface area contributed by atoms with Crippen LogP contribution < -0.4 is 14.4 Å². The molecular weight excluding hydrogens is 324 g/mol. The zero-order valence-electron chi connectivity index (χ0n) is 13.5. The molecule has 2 aliphatic rings. The summed E-state index contributed by atoms with van der Waals surface area (Å²) in [5.41, 5.74) is 1.26. The van der Waals surface area contributed by atoms with Gasteiger partial charge in [0.2, 0.25) is 12.7 Å². The predicted octanol–water partition coefficient (Wildman–Crippen LogP) is 0.947. The normalized spacial score (nSPS) is 17.2. The van der Waals surface area contributed by atoms with Crippen LogP contribution in [-0.2, 0) is 17.8 Å². The SMILES string of the molecule is O=C(Cc1cccs1)N1CC[NH+](Cc2ccc3c(c2)OCO3)CC1. The predicted molar refractivity (Wildman–Crippen MR) is 91.6 cm³/mol. The van der Waals surface area contributed by atoms with Gasteiger partial charge in [-0.15, -0.1) is 11.3 Å². The molecule has 2 aliphatic heterocycles. The Morgan fingerprint density at radius 2 is 2.00 bits per heavy atom. The largest absolute Gasteiger partial charge is 0.454 e. The van der Waals surface area contributed by atoms with Crippen LogP contribution in [0.3, 0.4) is 0 Å². The highest BCUT2D eigenvalue weighted by Crippen LogP contribution is 2.32. The molecule has 0 atom stereocenters. The van der Waals surface area contributed by atoms with E-state index in [1.54, 1.807) is 11.3 Å². The Bertz CT molecular complexity index is 709. The number of amides is 1. The number of benzene rings is 1. The van der Waals surface area contributed by atoms with Gasteiger partial charge in [0, 0.05) is 10.4 Å². The molecule has 0 saturated carbocycles. The molecule has 1 saturated heterocycles. The van der Waals surface area contributed by atoms with Gasteiger partial charge in [0.05, 0.1) is 32.6 Å². The van der Waals surface area contributed by atoms with Crippen LogP contribution >= 0.6 is 11.3 Å². The molecule has 1 N–H and O–H groups in total. The van der Waals surface area contributed by atoms with Crippen LogP contribution in [0, 0.1) is 0 Å². The minimum absolute atomic E-state index is 0.250. The van der Waals surface area contributed by atoms with Gasteiger partial charge in [-0.25, -0.2) is 0 Å². The van der Waals surface area contributed by atoms with Crippen LogP contribution in [0.15, 0.2) is 35.7 Å². The summed E-state index contributed by atoms with van der Waals surface area (Å²) in [4.78, 5) is 17.0. The van der Waals surface area contributed by atoms with E-state index in [9.17, 15) is 4.79 Å². The number of nitrogens with one attached hydrogen (secondary N) is 1. The Kier molecular flexibility index (Phi) is 4.40. The first-order valence-corrected chi connectivity index (χ1v) is 9.18. The average Bonchev–Trinajstić information content (AvgIpc) is 3.26. The third-order valence-corrected chi connectivity index (χ3v) is 5.50. The lowest BCUT2D eigenvalue weighted by molar-refractivity contribution is -0.917. The number of hydrogen-bond acceptors (Lipinski definition) is 4. The van der Waals surface area contributed by atoms with Crippen molar-refractivity contribution >= 4 is 17.2 Å². The summed E-state index contributed by atoms with van der Waals surface area (Å²) < 4.78 is 10.8. The monoisotopic (exact) mass is 345 g/mol. The molecule has 2 aromatic rings. The molecular formula is C18H21N2O3S+. The number of ether oxygens (including phenoxy) is 2. The van der Waals surface area contributed by atoms with Gasteiger partial charge in [-0.1, -0.05) is 6.07 Å². The van der Waals surface area contributed by atoms with E-state index in [1.165, 1.54) is 10.5 Å². The summed E-state index contributed by atoms with van der Waals surface area (Å²) in [6.07, 6.45) is 0.537. The fraction of sp³-hybridized carbons (Fsp3) is 0.389. The van der Waals surface area contributed by atoms with Crippen molar-refractivity contribution in [3.05, 3.63) is 46.2 Å². The quantitative estimate of drug-likeness (QED) is 0.897. The van der Waals surface area contributed by atoms with Crippen LogP contribution in [0.25, 0.3) is 0 Å². The number of carbonyl (C=O) groups excluding carboxylic acids is 1. The average molecular weight is 345 g/mol. The summed E-state index contributed by atoms with van der Waals surface area (Å²) in [5, 5.41) is 2.02. The second-order valence-corrected chi connectivity index (χ2v) is 7.28. The molecule has 1 fully saturated rings. The number of rotatable bonds is 4. The molecule has 1 amide bonds. The molecule has 0 bridgehead atoms. The number of quaternary nitrogens is 1. The van der Waals surface area contributed by atoms with E-state index in [2.05, 4.69) is 12.1 Å². The maximum Gasteiger partial charge on any atom is 0.231 e. The fourth-order valence-electron chi connectivity index (χ4n) is 3.26. The number of nitrogens with zero attached hydrogens (tertiary/aromatic N) is 1. The second-order valence-electron chi connectivity index (χ2n) is 6.25. The van der Waals surface area contributed by atoms with Gasteiger partial charge < -0.3 is 19.3 Å². The molecule has 3 heterocycles. The van der Waals surface area contributed by atoms with Gasteiger partial charge in [-0.05, 0) is 29.6 Å². The Hall–Kier alpha value is -2.05. The highest BCUT2D eigenvalue weighted by atomic mass is 32.1. The van der Waals surface area contributed by atoms with Gasteiger partial charge in [0.25, 0.3) is 0 Å². The molecule has 0 unspecified atom stereocenters. The Morgan fingerprint density at radius 3 is 2.79 bits per heavy atom. The molecule has 1 aromatic carbocycles. The van der Waals surface area contributed by atoms with Crippen LogP contribution in [0.5, 0.6) is 11.5 Å². The van der Waals surface area contributed by atoms with Gasteiger partial charge in [0.15, 0.2) is 11.5 Å². The van der Waals surface area contributed by atoms with E-state index in [0.717, 1.165) is 49.1 Å². The standard InChI is InChI=1S/C18H20N2O3S/c21-18(11-15-2-1-9-24-15)20-7-5-19(6-8-20)12-14-3-4-16-17(10-14)23-13-22-16/h1-4,9-10H,5-8,11-13H2/p+1. The molecule has 6 heteroatoms. The van der Waals surface area contributed by atoms with Gasteiger partial charge in [-0.2, -0.15) is 0 Å². The highest BCUT2D eigenvalue weighted by Gasteiger charge is 2.24. The molecule has 0 radical (unpaired) electrons. The van der Waals surface area contributed by atoms with Crippen molar-refractivity contribution < 1.29 is 19.2 Å². The van der Waals surface area contributed by atoms with E-state index < -0.39 is 0 Å². The van der Waals surface area contributed by atoms with Crippen molar-refractivity contribution in [3.8, 4) is 11.5 Å². The molecule has 5 nitrogen and oxygen atoms in total. The minimum Gasteiger partial charge on any atom is -0.454 e. The molecule has 4 rings (SSSR count). The van der Waals surface area contributed by atoms with E-state index in [0.29, 0.717) is 13.2 Å². The van der Waals surface area contributed by atoms with Crippen molar-refractivity contribution in [1.82, 2.24) is 4.90 Å². The van der Waals surface area contributed by atoms with E-state index in [-0.39, 0.29) is 5.91 Å². The molecule has 0 aliphatic carbocycles. The summed E-state index contributed by atoms with van der Waals surface area (Å²) in [6, 6.07) is 10.2. The van der Waals surface area contributed by atoms with E-state index >= 15 is 0 Å². The zero-order chi connectivity index (χ0) is 16.4. The van der Waals surface area contributed by atoms with E-state index in [1.807, 2.05) is 28.5 Å². The van der Waals surface area contributed by atoms with Gasteiger partial charge in [-0.3, -0.25) is 4.79 Å². The van der Waals surface area contributed by atoms with Gasteiger partial charge in [0.1, 0.15) is 6.54 Å². The summed E-state index contributed by atoms with van der Waals surface area (Å²) in [6.45, 7) is 4.93. The molecule has 0 spiro atoms. The van der Waals surface area contributed by atoms with Crippen LogP contribution in [0.1, 0.15) is 10.4 Å². The van der Waals surface area contributed by atoms with Crippen molar-refractivity contribution in [3.63, 3.8) is 0 Å². The molecule has 24 heavy (non-hydrogen) atoms. The highest BCUT2D eigenvalue weighted by molar-refractivity contribution is 7.10. The Labute approximate surface area is 145 Å². The molecule has 1 aromatic heterocycles. The van der Waals surface area contributed by atoms with E-state index in [4.69, 9.17) is 9.47 Å². The zero-order valence-corrected chi connectivity index (χ0v) is 14.3. The third-order valence-electron chi connectivity index (χ3n) is 4.62. The number of piperazine rings is 1. The van der Waals surface area contributed by atoms with Crippen LogP contribution in [0.4, 0.5) is 0 Å². The van der Waals surface area contributed by atoms with Crippen molar-refractivity contribution in [2.45, 2.75) is 13.0 Å². The summed E-state index contributed by atoms with van der Waals surface area (Å²) >= 11 is 1.65. The lowest BCUT2D eigenvalue weighted by Gasteiger charge is -2.32. The number of fused-ring (bicyclic) bond motifs is 1. The smallest absolute Gasteiger partial charge is 0.231 e. The van der Waals surface area contributed by atoms with Crippen LogP contribution in [0.2, 0.25) is 0 Å². The van der Waals surface area contributed by atoms with Crippen molar-refractivity contribution in [1.29, 1.82) is 0 Å². The van der Waals surface area contributed by atoms with Crippen molar-refractivity contribution in [2.24, 2.45) is 0 Å². The number of carbonyl (C=O) groups is 1. The third kappa shape index (κ3) is 3.39. The maximum absolute atomic E-state index is 12.4. The number of hydrogen-bond donors (Lipinski definition) is 1. The maximum atomic E-state index is 12.4. The van der Waals surface area contributed by atoms with Gasteiger partial charge >= 0.3 is 0 Å². The minimum atomic E-state index is 0.250. The lowest BCUT2D eigenvalue weighted by Crippen LogP contribution is -3.13. The van der Waals surface area contributed by atoms with Crippen molar-refractivity contribution in [2.75, 3.05) is 33.0 Å². The summed E-state index contributed by atoms with van der Waals surface area (Å²) in [5.74, 6) is 1.92. The second kappa shape index (κ2) is 6.83. The number of thiophene rings is 1. The molecule has 126 valence electrons. The first kappa shape index (κ1) is 15.5. The Morgan fingerprint density at radius 1 is 1.17 bits per heavy atom. The fourth-order valence-corrected chi connectivity index (χ4v) is 3.96. The lowest BCUT2D eigenvalue weighted by atomic mass is 10.1. The Balaban J connectivity index is 1.29. The van der Waals surface area contributed by atoms with Crippen LogP contribution in [-0.4, -0.2) is 43.8 Å². The summed E-state index contributed by atoms with van der Waals surface area (Å²) in [7, 11) is 0. The first-order chi connectivity index (χ1) is 11.8. The first-order valence-electron chi connectivity index (χ1n) is 8.30. The topological polar surface area (TPSA) is 43.2 Å².